The molecule has 1 N–H and O–H groups in total. The number of aromatic hydroxyl groups is 1. The lowest BCUT2D eigenvalue weighted by atomic mass is 10.1. The van der Waals surface area contributed by atoms with E-state index < -0.39 is 0 Å². The van der Waals surface area contributed by atoms with E-state index in [4.69, 9.17) is 4.74 Å². The zero-order valence-electron chi connectivity index (χ0n) is 12.2. The molecule has 0 saturated carbocycles. The van der Waals surface area contributed by atoms with Crippen LogP contribution in [0.5, 0.6) is 11.5 Å². The molecular weight excluding hydrogens is 286 g/mol. The number of fused-ring (bicyclic) bond motifs is 1. The van der Waals surface area contributed by atoms with Gasteiger partial charge in [0.1, 0.15) is 17.5 Å². The van der Waals surface area contributed by atoms with E-state index in [9.17, 15) is 5.11 Å². The quantitative estimate of drug-likeness (QED) is 0.924. The second kappa shape index (κ2) is 5.44. The molecule has 5 nitrogen and oxygen atoms in total. The van der Waals surface area contributed by atoms with E-state index in [2.05, 4.69) is 9.98 Å². The minimum Gasteiger partial charge on any atom is -0.507 e. The summed E-state index contributed by atoms with van der Waals surface area (Å²) in [6.07, 6.45) is 0. The van der Waals surface area contributed by atoms with Crippen molar-refractivity contribution < 1.29 is 9.84 Å². The van der Waals surface area contributed by atoms with Crippen LogP contribution in [-0.2, 0) is 0 Å². The third-order valence-electron chi connectivity index (χ3n) is 3.38. The Morgan fingerprint density at radius 1 is 1.33 bits per heavy atom. The number of benzene rings is 1. The lowest BCUT2D eigenvalue weighted by Crippen LogP contribution is -2.16. The van der Waals surface area contributed by atoms with Crippen molar-refractivity contribution in [3.63, 3.8) is 0 Å². The first-order valence-electron chi connectivity index (χ1n) is 6.64. The van der Waals surface area contributed by atoms with Crippen molar-refractivity contribution >= 4 is 27.8 Å². The van der Waals surface area contributed by atoms with Crippen LogP contribution in [0.4, 0.5) is 0 Å². The van der Waals surface area contributed by atoms with Gasteiger partial charge in [0.25, 0.3) is 0 Å². The summed E-state index contributed by atoms with van der Waals surface area (Å²) in [5.74, 6) is 1.80. The fraction of sp³-hybridized carbons (Fsp3) is 0.333. The Morgan fingerprint density at radius 2 is 2.14 bits per heavy atom. The molecular formula is C15H17N3O2S. The van der Waals surface area contributed by atoms with Gasteiger partial charge in [0.05, 0.1) is 18.3 Å². The number of rotatable bonds is 2. The fourth-order valence-electron chi connectivity index (χ4n) is 2.26. The lowest BCUT2D eigenvalue weighted by Gasteiger charge is -2.10. The van der Waals surface area contributed by atoms with E-state index in [1.807, 2.05) is 37.2 Å². The highest BCUT2D eigenvalue weighted by atomic mass is 32.2. The van der Waals surface area contributed by atoms with E-state index in [-0.39, 0.29) is 11.8 Å². The summed E-state index contributed by atoms with van der Waals surface area (Å²) in [7, 11) is 5.57. The number of hydrogen-bond acceptors (Lipinski definition) is 6. The maximum Gasteiger partial charge on any atom is 0.159 e. The zero-order valence-corrected chi connectivity index (χ0v) is 13.0. The maximum absolute atomic E-state index is 10.2. The van der Waals surface area contributed by atoms with Crippen molar-refractivity contribution in [2.45, 2.75) is 6.04 Å². The summed E-state index contributed by atoms with van der Waals surface area (Å²) in [5.41, 5.74) is 1.51. The van der Waals surface area contributed by atoms with Crippen molar-refractivity contribution in [3.05, 3.63) is 30.0 Å². The van der Waals surface area contributed by atoms with Gasteiger partial charge in [-0.3, -0.25) is 9.98 Å². The molecule has 0 aliphatic carbocycles. The monoisotopic (exact) mass is 303 g/mol. The molecule has 3 rings (SSSR count). The van der Waals surface area contributed by atoms with Gasteiger partial charge in [-0.1, -0.05) is 11.8 Å². The number of amidine groups is 1. The van der Waals surface area contributed by atoms with Crippen LogP contribution in [0, 0.1) is 0 Å². The first-order chi connectivity index (χ1) is 10.1. The second-order valence-corrected chi connectivity index (χ2v) is 6.07. The summed E-state index contributed by atoms with van der Waals surface area (Å²) in [6, 6.07) is 7.16. The van der Waals surface area contributed by atoms with Gasteiger partial charge in [0, 0.05) is 37.4 Å². The fourth-order valence-corrected chi connectivity index (χ4v) is 3.28. The first kappa shape index (κ1) is 14.0. The number of aromatic nitrogens is 1. The molecule has 1 aromatic heterocycles. The predicted octanol–water partition coefficient (Wildman–Crippen LogP) is 2.65. The van der Waals surface area contributed by atoms with Crippen molar-refractivity contribution in [2.24, 2.45) is 4.99 Å². The van der Waals surface area contributed by atoms with Crippen LogP contribution < -0.4 is 4.74 Å². The third-order valence-corrected chi connectivity index (χ3v) is 4.59. The largest absolute Gasteiger partial charge is 0.507 e. The second-order valence-electron chi connectivity index (χ2n) is 5.08. The molecule has 0 spiro atoms. The molecule has 1 atom stereocenters. The Kier molecular flexibility index (Phi) is 3.63. The highest BCUT2D eigenvalue weighted by molar-refractivity contribution is 8.14. The van der Waals surface area contributed by atoms with Gasteiger partial charge in [0.15, 0.2) is 5.17 Å². The van der Waals surface area contributed by atoms with E-state index in [1.54, 1.807) is 24.9 Å². The van der Waals surface area contributed by atoms with Crippen molar-refractivity contribution in [1.82, 2.24) is 9.88 Å². The van der Waals surface area contributed by atoms with Gasteiger partial charge in [0.2, 0.25) is 0 Å². The Hall–Kier alpha value is -1.95. The van der Waals surface area contributed by atoms with Gasteiger partial charge < -0.3 is 14.7 Å². The maximum atomic E-state index is 10.2. The molecule has 0 bridgehead atoms. The van der Waals surface area contributed by atoms with E-state index >= 15 is 0 Å². The Balaban J connectivity index is 2.04. The third kappa shape index (κ3) is 2.63. The molecule has 1 aliphatic heterocycles. The van der Waals surface area contributed by atoms with Crippen LogP contribution in [-0.4, -0.2) is 47.1 Å². The molecule has 110 valence electrons. The lowest BCUT2D eigenvalue weighted by molar-refractivity contribution is 0.415. The molecule has 1 unspecified atom stereocenters. The van der Waals surface area contributed by atoms with E-state index in [1.165, 1.54) is 0 Å². The normalized spacial score (nSPS) is 17.9. The van der Waals surface area contributed by atoms with Crippen LogP contribution >= 0.6 is 11.8 Å². The summed E-state index contributed by atoms with van der Waals surface area (Å²) in [5, 5.41) is 11.9. The highest BCUT2D eigenvalue weighted by Gasteiger charge is 2.23. The van der Waals surface area contributed by atoms with Crippen molar-refractivity contribution in [2.75, 3.05) is 27.0 Å². The van der Waals surface area contributed by atoms with Gasteiger partial charge in [-0.2, -0.15) is 0 Å². The topological polar surface area (TPSA) is 58.0 Å². The minimum atomic E-state index is -0.0195. The summed E-state index contributed by atoms with van der Waals surface area (Å²) >= 11 is 1.70. The number of ether oxygens (including phenoxy) is 1. The molecule has 21 heavy (non-hydrogen) atoms. The number of aliphatic imine (C=N–C) groups is 1. The SMILES string of the molecule is COc1ccc2c(O)cc(C3CSC(N(C)C)=N3)nc2c1. The van der Waals surface area contributed by atoms with Gasteiger partial charge in [-0.25, -0.2) is 0 Å². The van der Waals surface area contributed by atoms with Crippen LogP contribution in [0.25, 0.3) is 10.9 Å². The molecule has 1 aromatic carbocycles. The molecule has 1 aliphatic rings. The van der Waals surface area contributed by atoms with Gasteiger partial charge in [-0.15, -0.1) is 0 Å². The Bertz CT molecular complexity index is 715. The number of pyridine rings is 1. The summed E-state index contributed by atoms with van der Waals surface area (Å²) < 4.78 is 5.22. The molecule has 0 saturated heterocycles. The number of nitrogens with zero attached hydrogens (tertiary/aromatic N) is 3. The van der Waals surface area contributed by atoms with Crippen molar-refractivity contribution in [3.8, 4) is 11.5 Å². The van der Waals surface area contributed by atoms with E-state index in [0.29, 0.717) is 0 Å². The van der Waals surface area contributed by atoms with Gasteiger partial charge in [-0.05, 0) is 12.1 Å². The Labute approximate surface area is 127 Å². The molecule has 6 heteroatoms. The smallest absolute Gasteiger partial charge is 0.159 e. The minimum absolute atomic E-state index is 0.0195. The summed E-state index contributed by atoms with van der Waals surface area (Å²) in [6.45, 7) is 0. The molecule has 0 radical (unpaired) electrons. The van der Waals surface area contributed by atoms with Crippen LogP contribution in [0.3, 0.4) is 0 Å². The van der Waals surface area contributed by atoms with Crippen LogP contribution in [0.1, 0.15) is 11.7 Å². The number of hydrogen-bond donors (Lipinski definition) is 1. The number of thioether (sulfide) groups is 1. The average molecular weight is 303 g/mol. The molecule has 2 heterocycles. The highest BCUT2D eigenvalue weighted by Crippen LogP contribution is 2.34. The molecule has 0 amide bonds. The number of methoxy groups -OCH3 is 1. The molecule has 0 fully saturated rings. The molecule has 2 aromatic rings. The van der Waals surface area contributed by atoms with Crippen molar-refractivity contribution in [1.29, 1.82) is 0 Å². The summed E-state index contributed by atoms with van der Waals surface area (Å²) in [4.78, 5) is 11.3. The van der Waals surface area contributed by atoms with Crippen LogP contribution in [0.2, 0.25) is 0 Å². The Morgan fingerprint density at radius 3 is 2.81 bits per heavy atom. The van der Waals surface area contributed by atoms with E-state index in [0.717, 1.165) is 33.3 Å². The first-order valence-corrected chi connectivity index (χ1v) is 7.62. The average Bonchev–Trinajstić information content (AvgIpc) is 2.96. The zero-order chi connectivity index (χ0) is 15.0. The van der Waals surface area contributed by atoms with Gasteiger partial charge >= 0.3 is 0 Å². The standard InChI is InChI=1S/C15H17N3O2S/c1-18(2)15-17-13(8-21-15)12-7-14(19)10-5-4-9(20-3)6-11(10)16-12/h4-7,13H,8H2,1-3H3,(H,16,19). The van der Waals surface area contributed by atoms with Crippen LogP contribution in [0.15, 0.2) is 29.3 Å². The predicted molar refractivity (Wildman–Crippen MR) is 86.3 cm³/mol.